The standard InChI is InChI=1S/C17H27N3OS/c1-16(2,3)14-12(8-9-13-19(7)10-11-22-13)15(21)20(18-14)17(4,5)6/h8,18H,10-11H2,1-7H3. The van der Waals surface area contributed by atoms with E-state index in [9.17, 15) is 4.79 Å². The maximum Gasteiger partial charge on any atom is 0.275 e. The van der Waals surface area contributed by atoms with Crippen LogP contribution in [0.25, 0.3) is 6.08 Å². The van der Waals surface area contributed by atoms with E-state index >= 15 is 0 Å². The predicted octanol–water partition coefficient (Wildman–Crippen LogP) is 3.36. The third kappa shape index (κ3) is 3.36. The van der Waals surface area contributed by atoms with Crippen LogP contribution in [0, 0.1) is 0 Å². The number of thioether (sulfide) groups is 1. The van der Waals surface area contributed by atoms with Crippen molar-refractivity contribution in [3.05, 3.63) is 32.4 Å². The number of aromatic amines is 1. The fraction of sp³-hybridized carbons (Fsp3) is 0.647. The van der Waals surface area contributed by atoms with Gasteiger partial charge in [0.25, 0.3) is 5.56 Å². The van der Waals surface area contributed by atoms with Gasteiger partial charge in [-0.1, -0.05) is 38.3 Å². The summed E-state index contributed by atoms with van der Waals surface area (Å²) in [5.74, 6) is 1.08. The van der Waals surface area contributed by atoms with Gasteiger partial charge in [-0.05, 0) is 26.8 Å². The van der Waals surface area contributed by atoms with Crippen molar-refractivity contribution in [2.45, 2.75) is 52.5 Å². The van der Waals surface area contributed by atoms with Crippen LogP contribution in [0.4, 0.5) is 0 Å². The Morgan fingerprint density at radius 3 is 2.32 bits per heavy atom. The molecular formula is C17H27N3OS. The van der Waals surface area contributed by atoms with E-state index in [1.165, 1.54) is 0 Å². The number of rotatable bonds is 1. The van der Waals surface area contributed by atoms with Gasteiger partial charge < -0.3 is 4.90 Å². The van der Waals surface area contributed by atoms with Crippen LogP contribution in [0.5, 0.6) is 0 Å². The molecule has 1 aliphatic heterocycles. The quantitative estimate of drug-likeness (QED) is 0.806. The van der Waals surface area contributed by atoms with Crippen LogP contribution >= 0.6 is 11.8 Å². The summed E-state index contributed by atoms with van der Waals surface area (Å²) in [7, 11) is 2.06. The highest BCUT2D eigenvalue weighted by Crippen LogP contribution is 2.27. The molecule has 0 unspecified atom stereocenters. The van der Waals surface area contributed by atoms with Gasteiger partial charge in [-0.3, -0.25) is 9.89 Å². The Balaban J connectivity index is 2.62. The highest BCUT2D eigenvalue weighted by atomic mass is 32.2. The molecule has 0 aliphatic carbocycles. The molecule has 0 radical (unpaired) electrons. The lowest BCUT2D eigenvalue weighted by molar-refractivity contribution is 0.339. The van der Waals surface area contributed by atoms with E-state index in [1.54, 1.807) is 16.4 Å². The van der Waals surface area contributed by atoms with Crippen LogP contribution in [-0.4, -0.2) is 34.0 Å². The highest BCUT2D eigenvalue weighted by molar-refractivity contribution is 8.03. The molecule has 0 amide bonds. The first kappa shape index (κ1) is 17.0. The number of hydrogen-bond donors (Lipinski definition) is 1. The molecular weight excluding hydrogens is 294 g/mol. The molecule has 1 aromatic rings. The molecule has 2 heterocycles. The predicted molar refractivity (Wildman–Crippen MR) is 95.3 cm³/mol. The SMILES string of the molecule is CN1CCSC1=C=Cc1c(C(C)(C)C)[nH]n(C(C)(C)C)c1=O. The van der Waals surface area contributed by atoms with Crippen molar-refractivity contribution in [1.82, 2.24) is 14.7 Å². The zero-order chi connectivity index (χ0) is 16.7. The number of H-pyrrole nitrogens is 1. The molecule has 1 fully saturated rings. The molecule has 0 saturated carbocycles. The van der Waals surface area contributed by atoms with Gasteiger partial charge in [-0.25, -0.2) is 4.68 Å². The van der Waals surface area contributed by atoms with E-state index in [4.69, 9.17) is 0 Å². The van der Waals surface area contributed by atoms with Gasteiger partial charge in [0.2, 0.25) is 0 Å². The van der Waals surface area contributed by atoms with Crippen molar-refractivity contribution >= 4 is 17.8 Å². The molecule has 0 aromatic carbocycles. The normalized spacial score (nSPS) is 16.1. The molecule has 4 nitrogen and oxygen atoms in total. The van der Waals surface area contributed by atoms with Crippen LogP contribution in [0.1, 0.15) is 52.8 Å². The fourth-order valence-corrected chi connectivity index (χ4v) is 3.42. The second-order valence-electron chi connectivity index (χ2n) is 7.83. The van der Waals surface area contributed by atoms with Crippen molar-refractivity contribution in [1.29, 1.82) is 0 Å². The second-order valence-corrected chi connectivity index (χ2v) is 8.91. The minimum absolute atomic E-state index is 0.0242. The first-order valence-electron chi connectivity index (χ1n) is 7.68. The van der Waals surface area contributed by atoms with E-state index in [0.29, 0.717) is 0 Å². The molecule has 0 bridgehead atoms. The van der Waals surface area contributed by atoms with E-state index in [0.717, 1.165) is 28.6 Å². The van der Waals surface area contributed by atoms with Gasteiger partial charge >= 0.3 is 0 Å². The van der Waals surface area contributed by atoms with Gasteiger partial charge in [-0.15, -0.1) is 0 Å². The van der Waals surface area contributed by atoms with Crippen molar-refractivity contribution < 1.29 is 0 Å². The maximum atomic E-state index is 12.8. The number of aromatic nitrogens is 2. The summed E-state index contributed by atoms with van der Waals surface area (Å²) in [6.07, 6.45) is 1.85. The van der Waals surface area contributed by atoms with Crippen molar-refractivity contribution in [2.75, 3.05) is 19.3 Å². The Kier molecular flexibility index (Phi) is 4.42. The minimum atomic E-state index is -0.269. The summed E-state index contributed by atoms with van der Waals surface area (Å²) in [5.41, 5.74) is 4.63. The van der Waals surface area contributed by atoms with Gasteiger partial charge in [0.15, 0.2) is 0 Å². The Morgan fingerprint density at radius 2 is 1.86 bits per heavy atom. The van der Waals surface area contributed by atoms with Crippen LogP contribution in [0.2, 0.25) is 0 Å². The number of hydrogen-bond acceptors (Lipinski definition) is 3. The average Bonchev–Trinajstić information content (AvgIpc) is 2.89. The van der Waals surface area contributed by atoms with Gasteiger partial charge in [-0.2, -0.15) is 0 Å². The van der Waals surface area contributed by atoms with Crippen molar-refractivity contribution in [2.24, 2.45) is 0 Å². The third-order valence-corrected chi connectivity index (χ3v) is 4.79. The van der Waals surface area contributed by atoms with E-state index in [-0.39, 0.29) is 16.5 Å². The fourth-order valence-electron chi connectivity index (χ4n) is 2.40. The largest absolute Gasteiger partial charge is 0.362 e. The Hall–Kier alpha value is -1.32. The summed E-state index contributed by atoms with van der Waals surface area (Å²) in [5, 5.41) is 4.42. The van der Waals surface area contributed by atoms with E-state index in [1.807, 2.05) is 26.8 Å². The molecule has 0 spiro atoms. The first-order valence-corrected chi connectivity index (χ1v) is 8.67. The lowest BCUT2D eigenvalue weighted by Gasteiger charge is -2.21. The van der Waals surface area contributed by atoms with Crippen LogP contribution in [0.15, 0.2) is 15.6 Å². The summed E-state index contributed by atoms with van der Waals surface area (Å²) in [4.78, 5) is 15.0. The molecule has 2 rings (SSSR count). The second kappa shape index (κ2) is 5.71. The van der Waals surface area contributed by atoms with Gasteiger partial charge in [0.1, 0.15) is 5.03 Å². The van der Waals surface area contributed by atoms with Crippen molar-refractivity contribution in [3.8, 4) is 0 Å². The maximum absolute atomic E-state index is 12.8. The Morgan fingerprint density at radius 1 is 1.23 bits per heavy atom. The lowest BCUT2D eigenvalue weighted by atomic mass is 9.89. The zero-order valence-corrected chi connectivity index (χ0v) is 15.5. The Labute approximate surface area is 137 Å². The van der Waals surface area contributed by atoms with Gasteiger partial charge in [0.05, 0.1) is 16.8 Å². The van der Waals surface area contributed by atoms with E-state index in [2.05, 4.69) is 43.5 Å². The van der Waals surface area contributed by atoms with Crippen LogP contribution in [-0.2, 0) is 11.0 Å². The smallest absolute Gasteiger partial charge is 0.275 e. The van der Waals surface area contributed by atoms with Crippen molar-refractivity contribution in [3.63, 3.8) is 0 Å². The number of nitrogens with zero attached hydrogens (tertiary/aromatic N) is 2. The minimum Gasteiger partial charge on any atom is -0.362 e. The average molecular weight is 321 g/mol. The molecule has 22 heavy (non-hydrogen) atoms. The summed E-state index contributed by atoms with van der Waals surface area (Å²) < 4.78 is 1.72. The molecule has 1 aliphatic rings. The summed E-state index contributed by atoms with van der Waals surface area (Å²) >= 11 is 1.78. The molecule has 5 heteroatoms. The monoisotopic (exact) mass is 321 g/mol. The van der Waals surface area contributed by atoms with Crippen LogP contribution in [0.3, 0.4) is 0 Å². The zero-order valence-electron chi connectivity index (χ0n) is 14.7. The van der Waals surface area contributed by atoms with E-state index < -0.39 is 0 Å². The lowest BCUT2D eigenvalue weighted by Crippen LogP contribution is -2.33. The molecule has 122 valence electrons. The molecule has 1 N–H and O–H groups in total. The Bertz CT molecular complexity index is 676. The highest BCUT2D eigenvalue weighted by Gasteiger charge is 2.27. The van der Waals surface area contributed by atoms with Crippen LogP contribution < -0.4 is 5.56 Å². The molecule has 0 atom stereocenters. The topological polar surface area (TPSA) is 41.0 Å². The first-order chi connectivity index (χ1) is 10.0. The third-order valence-electron chi connectivity index (χ3n) is 3.70. The van der Waals surface area contributed by atoms with Gasteiger partial charge in [0, 0.05) is 24.8 Å². The molecule has 1 aromatic heterocycles. The number of nitrogens with one attached hydrogen (secondary N) is 1. The summed E-state index contributed by atoms with van der Waals surface area (Å²) in [6.45, 7) is 13.5. The summed E-state index contributed by atoms with van der Waals surface area (Å²) in [6, 6.07) is 0. The molecule has 1 saturated heterocycles.